The van der Waals surface area contributed by atoms with Gasteiger partial charge in [0, 0.05) is 18.0 Å². The molecule has 3 aromatic rings. The number of pyridine rings is 1. The Morgan fingerprint density at radius 3 is 2.57 bits per heavy atom. The van der Waals surface area contributed by atoms with Crippen LogP contribution in [0.5, 0.6) is 0 Å². The van der Waals surface area contributed by atoms with Crippen LogP contribution in [0.2, 0.25) is 0 Å². The number of aromatic nitrogens is 3. The van der Waals surface area contributed by atoms with Crippen LogP contribution in [0, 0.1) is 0 Å². The second-order valence-corrected chi connectivity index (χ2v) is 4.82. The summed E-state index contributed by atoms with van der Waals surface area (Å²) < 4.78 is 5.26. The van der Waals surface area contributed by atoms with Crippen molar-refractivity contribution in [3.63, 3.8) is 0 Å². The first-order valence-electron chi connectivity index (χ1n) is 6.86. The molecule has 0 saturated heterocycles. The molecule has 106 valence electrons. The molecule has 0 spiro atoms. The lowest BCUT2D eigenvalue weighted by Crippen LogP contribution is -2.11. The van der Waals surface area contributed by atoms with Crippen LogP contribution >= 0.6 is 0 Å². The summed E-state index contributed by atoms with van der Waals surface area (Å²) in [6, 6.07) is 13.6. The Morgan fingerprint density at radius 1 is 1.05 bits per heavy atom. The van der Waals surface area contributed by atoms with Crippen molar-refractivity contribution in [1.82, 2.24) is 15.1 Å². The van der Waals surface area contributed by atoms with Gasteiger partial charge in [-0.05, 0) is 30.5 Å². The first-order chi connectivity index (χ1) is 10.3. The molecule has 2 heterocycles. The largest absolute Gasteiger partial charge is 0.337 e. The summed E-state index contributed by atoms with van der Waals surface area (Å²) in [5.41, 5.74) is 8.25. The molecule has 0 amide bonds. The highest BCUT2D eigenvalue weighted by Crippen LogP contribution is 2.19. The molecule has 1 aromatic carbocycles. The normalized spacial score (nSPS) is 12.2. The summed E-state index contributed by atoms with van der Waals surface area (Å²) >= 11 is 0. The number of benzene rings is 1. The third kappa shape index (κ3) is 3.32. The van der Waals surface area contributed by atoms with Crippen molar-refractivity contribution in [3.8, 4) is 11.4 Å². The molecule has 5 nitrogen and oxygen atoms in total. The van der Waals surface area contributed by atoms with Crippen LogP contribution in [0.25, 0.3) is 11.4 Å². The van der Waals surface area contributed by atoms with Crippen molar-refractivity contribution in [2.75, 3.05) is 0 Å². The summed E-state index contributed by atoms with van der Waals surface area (Å²) in [7, 11) is 0. The molecule has 0 radical (unpaired) electrons. The number of hydrogen-bond donors (Lipinski definition) is 1. The Morgan fingerprint density at radius 2 is 1.81 bits per heavy atom. The molecule has 0 aliphatic carbocycles. The van der Waals surface area contributed by atoms with Gasteiger partial charge < -0.3 is 10.3 Å². The molecule has 3 rings (SSSR count). The Balaban J connectivity index is 1.66. The van der Waals surface area contributed by atoms with Crippen molar-refractivity contribution in [2.45, 2.75) is 18.9 Å². The molecular weight excluding hydrogens is 264 g/mol. The topological polar surface area (TPSA) is 77.8 Å². The zero-order valence-electron chi connectivity index (χ0n) is 11.5. The quantitative estimate of drug-likeness (QED) is 0.777. The van der Waals surface area contributed by atoms with Gasteiger partial charge in [-0.1, -0.05) is 35.5 Å². The summed E-state index contributed by atoms with van der Waals surface area (Å²) in [5, 5.41) is 3.97. The minimum absolute atomic E-state index is 0.256. The van der Waals surface area contributed by atoms with E-state index in [2.05, 4.69) is 27.3 Å². The third-order valence-corrected chi connectivity index (χ3v) is 3.28. The second kappa shape index (κ2) is 6.28. The van der Waals surface area contributed by atoms with E-state index in [1.165, 1.54) is 5.56 Å². The van der Waals surface area contributed by atoms with Gasteiger partial charge in [0.25, 0.3) is 0 Å². The average molecular weight is 280 g/mol. The van der Waals surface area contributed by atoms with Crippen molar-refractivity contribution < 1.29 is 4.52 Å². The van der Waals surface area contributed by atoms with E-state index in [0.29, 0.717) is 11.7 Å². The van der Waals surface area contributed by atoms with Gasteiger partial charge in [-0.25, -0.2) is 0 Å². The van der Waals surface area contributed by atoms with Crippen LogP contribution in [0.1, 0.15) is 23.9 Å². The SMILES string of the molecule is NC(CCc1ccccc1)c1nc(-c2ccncc2)no1. The lowest BCUT2D eigenvalue weighted by atomic mass is 10.1. The fourth-order valence-corrected chi connectivity index (χ4v) is 2.09. The van der Waals surface area contributed by atoms with E-state index in [4.69, 9.17) is 10.3 Å². The fraction of sp³-hybridized carbons (Fsp3) is 0.188. The van der Waals surface area contributed by atoms with Crippen molar-refractivity contribution in [3.05, 3.63) is 66.3 Å². The van der Waals surface area contributed by atoms with E-state index in [-0.39, 0.29) is 6.04 Å². The van der Waals surface area contributed by atoms with Gasteiger partial charge >= 0.3 is 0 Å². The Bertz CT molecular complexity index is 682. The molecule has 0 aliphatic rings. The zero-order valence-corrected chi connectivity index (χ0v) is 11.5. The van der Waals surface area contributed by atoms with Crippen LogP contribution in [-0.2, 0) is 6.42 Å². The van der Waals surface area contributed by atoms with E-state index in [0.717, 1.165) is 18.4 Å². The highest BCUT2D eigenvalue weighted by Gasteiger charge is 2.15. The third-order valence-electron chi connectivity index (χ3n) is 3.28. The molecule has 2 aromatic heterocycles. The van der Waals surface area contributed by atoms with Gasteiger partial charge in [-0.3, -0.25) is 4.98 Å². The van der Waals surface area contributed by atoms with Crippen molar-refractivity contribution in [2.24, 2.45) is 5.73 Å². The molecule has 1 unspecified atom stereocenters. The van der Waals surface area contributed by atoms with Gasteiger partial charge in [0.1, 0.15) is 0 Å². The standard InChI is InChI=1S/C16H16N4O/c17-14(7-6-12-4-2-1-3-5-12)16-19-15(20-21-16)13-8-10-18-11-9-13/h1-5,8-11,14H,6-7,17H2. The van der Waals surface area contributed by atoms with E-state index < -0.39 is 0 Å². The highest BCUT2D eigenvalue weighted by atomic mass is 16.5. The summed E-state index contributed by atoms with van der Waals surface area (Å²) in [5.74, 6) is 1.01. The van der Waals surface area contributed by atoms with Gasteiger partial charge in [0.15, 0.2) is 0 Å². The molecule has 0 bridgehead atoms. The molecule has 5 heteroatoms. The first kappa shape index (κ1) is 13.5. The summed E-state index contributed by atoms with van der Waals surface area (Å²) in [6.07, 6.45) is 5.04. The molecule has 0 saturated carbocycles. The van der Waals surface area contributed by atoms with E-state index in [1.807, 2.05) is 30.3 Å². The smallest absolute Gasteiger partial charge is 0.243 e. The Hall–Kier alpha value is -2.53. The van der Waals surface area contributed by atoms with Crippen LogP contribution in [0.15, 0.2) is 59.4 Å². The maximum absolute atomic E-state index is 6.13. The van der Waals surface area contributed by atoms with Crippen LogP contribution in [-0.4, -0.2) is 15.1 Å². The fourth-order valence-electron chi connectivity index (χ4n) is 2.09. The lowest BCUT2D eigenvalue weighted by Gasteiger charge is -2.06. The molecule has 21 heavy (non-hydrogen) atoms. The molecule has 0 aliphatic heterocycles. The van der Waals surface area contributed by atoms with E-state index in [1.54, 1.807) is 12.4 Å². The summed E-state index contributed by atoms with van der Waals surface area (Å²) in [6.45, 7) is 0. The number of aryl methyl sites for hydroxylation is 1. The van der Waals surface area contributed by atoms with Crippen LogP contribution in [0.4, 0.5) is 0 Å². The zero-order chi connectivity index (χ0) is 14.5. The monoisotopic (exact) mass is 280 g/mol. The minimum Gasteiger partial charge on any atom is -0.337 e. The Labute approximate surface area is 122 Å². The van der Waals surface area contributed by atoms with Gasteiger partial charge in [0.05, 0.1) is 6.04 Å². The van der Waals surface area contributed by atoms with Gasteiger partial charge in [0.2, 0.25) is 11.7 Å². The molecule has 0 fully saturated rings. The maximum atomic E-state index is 6.13. The van der Waals surface area contributed by atoms with Gasteiger partial charge in [-0.2, -0.15) is 4.98 Å². The highest BCUT2D eigenvalue weighted by molar-refractivity contribution is 5.52. The number of nitrogens with two attached hydrogens (primary N) is 1. The maximum Gasteiger partial charge on any atom is 0.243 e. The number of rotatable bonds is 5. The van der Waals surface area contributed by atoms with E-state index >= 15 is 0 Å². The first-order valence-corrected chi connectivity index (χ1v) is 6.86. The number of hydrogen-bond acceptors (Lipinski definition) is 5. The average Bonchev–Trinajstić information content (AvgIpc) is 3.04. The number of nitrogens with zero attached hydrogens (tertiary/aromatic N) is 3. The second-order valence-electron chi connectivity index (χ2n) is 4.82. The molecular formula is C16H16N4O. The minimum atomic E-state index is -0.256. The van der Waals surface area contributed by atoms with E-state index in [9.17, 15) is 0 Å². The van der Waals surface area contributed by atoms with Crippen LogP contribution < -0.4 is 5.73 Å². The molecule has 2 N–H and O–H groups in total. The predicted molar refractivity (Wildman–Crippen MR) is 79.2 cm³/mol. The predicted octanol–water partition coefficient (Wildman–Crippen LogP) is 2.76. The van der Waals surface area contributed by atoms with Gasteiger partial charge in [-0.15, -0.1) is 0 Å². The van der Waals surface area contributed by atoms with Crippen molar-refractivity contribution in [1.29, 1.82) is 0 Å². The van der Waals surface area contributed by atoms with Crippen LogP contribution in [0.3, 0.4) is 0 Å². The molecule has 1 atom stereocenters. The lowest BCUT2D eigenvalue weighted by molar-refractivity contribution is 0.349. The van der Waals surface area contributed by atoms with Crippen molar-refractivity contribution >= 4 is 0 Å². The Kier molecular flexibility index (Phi) is 4.02. The summed E-state index contributed by atoms with van der Waals surface area (Å²) in [4.78, 5) is 8.33.